The maximum atomic E-state index is 7.31. The van der Waals surface area contributed by atoms with Crippen molar-refractivity contribution in [2.45, 2.75) is 6.92 Å². The molecule has 0 atom stereocenters. The minimum atomic E-state index is 0. The van der Waals surface area contributed by atoms with Crippen molar-refractivity contribution in [2.24, 2.45) is 4.99 Å². The van der Waals surface area contributed by atoms with Gasteiger partial charge >= 0.3 is 0 Å². The Hall–Kier alpha value is -2.69. The number of hydrogen-bond acceptors (Lipinski definition) is 5. The fourth-order valence-electron chi connectivity index (χ4n) is 1.62. The normalized spacial score (nSPS) is 13.3. The highest BCUT2D eigenvalue weighted by Crippen LogP contribution is 2.14. The van der Waals surface area contributed by atoms with Crippen molar-refractivity contribution in [3.05, 3.63) is 48.1 Å². The SMILES string of the molecule is CC(=N)C1=CC=CC=NC1.Nc1nc2ccccc2o1.[HH]. The molecule has 1 aromatic carbocycles. The molecule has 104 valence electrons. The first-order valence-electron chi connectivity index (χ1n) is 6.19. The summed E-state index contributed by atoms with van der Waals surface area (Å²) in [5, 5.41) is 7.31. The monoisotopic (exact) mass is 270 g/mol. The topological polar surface area (TPSA) is 88.3 Å². The number of nitrogens with two attached hydrogens (primary N) is 1. The van der Waals surface area contributed by atoms with Crippen molar-refractivity contribution in [2.75, 3.05) is 12.3 Å². The number of allylic oxidation sites excluding steroid dienone is 3. The first-order chi connectivity index (χ1) is 9.66. The Morgan fingerprint density at radius 3 is 2.90 bits per heavy atom. The Bertz CT molecular complexity index is 668. The quantitative estimate of drug-likeness (QED) is 0.779. The van der Waals surface area contributed by atoms with Gasteiger partial charge in [0, 0.05) is 13.4 Å². The van der Waals surface area contributed by atoms with Crippen molar-refractivity contribution in [3.8, 4) is 0 Å². The number of oxazole rings is 1. The third-order valence-corrected chi connectivity index (χ3v) is 2.65. The molecule has 0 saturated carbocycles. The van der Waals surface area contributed by atoms with Crippen molar-refractivity contribution >= 4 is 29.0 Å². The van der Waals surface area contributed by atoms with Gasteiger partial charge in [0.15, 0.2) is 5.58 Å². The lowest BCUT2D eigenvalue weighted by atomic mass is 10.1. The number of hydrogen-bond donors (Lipinski definition) is 2. The van der Waals surface area contributed by atoms with Crippen LogP contribution in [0.15, 0.2) is 57.5 Å². The van der Waals surface area contributed by atoms with E-state index in [-0.39, 0.29) is 7.44 Å². The van der Waals surface area contributed by atoms with E-state index < -0.39 is 0 Å². The van der Waals surface area contributed by atoms with Crippen LogP contribution < -0.4 is 5.73 Å². The van der Waals surface area contributed by atoms with E-state index in [1.165, 1.54) is 0 Å². The summed E-state index contributed by atoms with van der Waals surface area (Å²) in [6, 6.07) is 7.69. The summed E-state index contributed by atoms with van der Waals surface area (Å²) in [5.41, 5.74) is 8.45. The number of aliphatic imine (C=N–C) groups is 1. The standard InChI is InChI=1S/C8H10N2.C7H6N2O.H2/c1-7(9)8-4-2-3-5-10-6-8;8-7-9-5-3-1-2-4-6(5)10-7;/h2-5,9H,6H2,1H3;1-4H,(H2,8,9);1H. The molecular weight excluding hydrogens is 252 g/mol. The second-order valence-electron chi connectivity index (χ2n) is 4.21. The molecule has 20 heavy (non-hydrogen) atoms. The minimum Gasteiger partial charge on any atom is -0.424 e. The molecule has 2 aromatic rings. The van der Waals surface area contributed by atoms with Crippen LogP contribution in [0.5, 0.6) is 0 Å². The maximum Gasteiger partial charge on any atom is 0.292 e. The fraction of sp³-hybridized carbons (Fsp3) is 0.133. The maximum absolute atomic E-state index is 7.31. The number of anilines is 1. The van der Waals surface area contributed by atoms with E-state index in [1.54, 1.807) is 13.1 Å². The number of fused-ring (bicyclic) bond motifs is 1. The fourth-order valence-corrected chi connectivity index (χ4v) is 1.62. The van der Waals surface area contributed by atoms with Crippen LogP contribution in [0.4, 0.5) is 6.01 Å². The Kier molecular flexibility index (Phi) is 4.44. The number of para-hydroxylation sites is 2. The Morgan fingerprint density at radius 1 is 1.35 bits per heavy atom. The number of benzene rings is 1. The minimum absolute atomic E-state index is 0. The van der Waals surface area contributed by atoms with E-state index in [0.29, 0.717) is 12.3 Å². The molecule has 0 bridgehead atoms. The van der Waals surface area contributed by atoms with Crippen LogP contribution >= 0.6 is 0 Å². The third kappa shape index (κ3) is 3.65. The highest BCUT2D eigenvalue weighted by atomic mass is 16.4. The average molecular weight is 270 g/mol. The summed E-state index contributed by atoms with van der Waals surface area (Å²) in [6.45, 7) is 2.42. The lowest BCUT2D eigenvalue weighted by molar-refractivity contribution is 0.626. The van der Waals surface area contributed by atoms with Crippen LogP contribution in [0, 0.1) is 5.41 Å². The van der Waals surface area contributed by atoms with Gasteiger partial charge in [0.25, 0.3) is 6.01 Å². The van der Waals surface area contributed by atoms with E-state index in [4.69, 9.17) is 15.6 Å². The van der Waals surface area contributed by atoms with Gasteiger partial charge < -0.3 is 15.6 Å². The zero-order valence-corrected chi connectivity index (χ0v) is 11.2. The summed E-state index contributed by atoms with van der Waals surface area (Å²) in [7, 11) is 0. The number of nitrogens with zero attached hydrogens (tertiary/aromatic N) is 2. The van der Waals surface area contributed by atoms with E-state index >= 15 is 0 Å². The summed E-state index contributed by atoms with van der Waals surface area (Å²) in [5.74, 6) is 0. The van der Waals surface area contributed by atoms with E-state index in [9.17, 15) is 0 Å². The van der Waals surface area contributed by atoms with Crippen LogP contribution in [0.2, 0.25) is 0 Å². The van der Waals surface area contributed by atoms with Crippen LogP contribution in [-0.4, -0.2) is 23.5 Å². The number of rotatable bonds is 1. The molecule has 0 amide bonds. The van der Waals surface area contributed by atoms with Crippen LogP contribution in [0.25, 0.3) is 11.1 Å². The molecule has 5 nitrogen and oxygen atoms in total. The average Bonchev–Trinajstić information content (AvgIpc) is 2.64. The summed E-state index contributed by atoms with van der Waals surface area (Å²) >= 11 is 0. The first-order valence-corrected chi connectivity index (χ1v) is 6.19. The Balaban J connectivity index is 0.000000200. The van der Waals surface area contributed by atoms with Crippen LogP contribution in [0.3, 0.4) is 0 Å². The Labute approximate surface area is 118 Å². The van der Waals surface area contributed by atoms with Gasteiger partial charge in [-0.3, -0.25) is 4.99 Å². The second-order valence-corrected chi connectivity index (χ2v) is 4.21. The first kappa shape index (κ1) is 13.7. The van der Waals surface area contributed by atoms with Gasteiger partial charge in [-0.05, 0) is 30.7 Å². The van der Waals surface area contributed by atoms with Crippen LogP contribution in [-0.2, 0) is 0 Å². The molecule has 0 saturated heterocycles. The molecule has 0 fully saturated rings. The van der Waals surface area contributed by atoms with Gasteiger partial charge in [-0.15, -0.1) is 0 Å². The Morgan fingerprint density at radius 2 is 2.15 bits per heavy atom. The molecular formula is C15H18N4O. The molecule has 1 aliphatic heterocycles. The lowest BCUT2D eigenvalue weighted by Gasteiger charge is -1.96. The van der Waals surface area contributed by atoms with Gasteiger partial charge in [-0.25, -0.2) is 0 Å². The lowest BCUT2D eigenvalue weighted by Crippen LogP contribution is -1.97. The van der Waals surface area contributed by atoms with Gasteiger partial charge in [0.05, 0.1) is 6.54 Å². The summed E-state index contributed by atoms with van der Waals surface area (Å²) in [6.07, 6.45) is 7.46. The number of aromatic nitrogens is 1. The van der Waals surface area contributed by atoms with Crippen molar-refractivity contribution in [1.29, 1.82) is 5.41 Å². The molecule has 2 heterocycles. The molecule has 0 unspecified atom stereocenters. The van der Waals surface area contributed by atoms with Crippen molar-refractivity contribution in [3.63, 3.8) is 0 Å². The molecule has 5 heteroatoms. The smallest absolute Gasteiger partial charge is 0.292 e. The van der Waals surface area contributed by atoms with Gasteiger partial charge in [0.2, 0.25) is 0 Å². The predicted molar refractivity (Wildman–Crippen MR) is 84.5 cm³/mol. The molecule has 3 rings (SSSR count). The van der Waals surface area contributed by atoms with E-state index in [1.807, 2.05) is 42.5 Å². The van der Waals surface area contributed by atoms with E-state index in [0.717, 1.165) is 16.7 Å². The van der Waals surface area contributed by atoms with Crippen molar-refractivity contribution < 1.29 is 5.84 Å². The molecule has 1 aliphatic rings. The largest absolute Gasteiger partial charge is 0.424 e. The molecule has 0 spiro atoms. The zero-order valence-electron chi connectivity index (χ0n) is 11.2. The molecule has 3 N–H and O–H groups in total. The van der Waals surface area contributed by atoms with Crippen LogP contribution in [0.1, 0.15) is 8.35 Å². The molecule has 0 radical (unpaired) electrons. The molecule has 1 aromatic heterocycles. The zero-order chi connectivity index (χ0) is 14.4. The predicted octanol–water partition coefficient (Wildman–Crippen LogP) is 3.25. The van der Waals surface area contributed by atoms with Gasteiger partial charge in [0.1, 0.15) is 5.52 Å². The van der Waals surface area contributed by atoms with Gasteiger partial charge in [-0.2, -0.15) is 4.98 Å². The molecule has 0 aliphatic carbocycles. The van der Waals surface area contributed by atoms with E-state index in [2.05, 4.69) is 9.98 Å². The third-order valence-electron chi connectivity index (χ3n) is 2.65. The second kappa shape index (κ2) is 6.47. The number of nitrogen functional groups attached to an aromatic ring is 1. The summed E-state index contributed by atoms with van der Waals surface area (Å²) < 4.78 is 5.03. The summed E-state index contributed by atoms with van der Waals surface area (Å²) in [4.78, 5) is 7.98. The highest BCUT2D eigenvalue weighted by Gasteiger charge is 1.98. The van der Waals surface area contributed by atoms with Crippen molar-refractivity contribution in [1.82, 2.24) is 4.98 Å². The number of nitrogens with one attached hydrogen (secondary N) is 1. The highest BCUT2D eigenvalue weighted by molar-refractivity contribution is 5.97. The van der Waals surface area contributed by atoms with Gasteiger partial charge in [-0.1, -0.05) is 24.3 Å².